The van der Waals surface area contributed by atoms with Crippen LogP contribution < -0.4 is 5.56 Å². The first-order valence-electron chi connectivity index (χ1n) is 6.40. The van der Waals surface area contributed by atoms with Gasteiger partial charge in [-0.15, -0.1) is 0 Å². The first kappa shape index (κ1) is 12.5. The van der Waals surface area contributed by atoms with E-state index in [0.717, 1.165) is 17.1 Å². The molecule has 3 aromatic heterocycles. The minimum Gasteiger partial charge on any atom is -0.461 e. The Morgan fingerprint density at radius 1 is 1.30 bits per heavy atom. The standard InChI is InChI=1S/C15H15N3O2/c1-10-5-6-14(20-10)12-4-3-7-18(15(12)19)8-13-11(2)16-9-17-13/h3-7,9H,8H2,1-2H3,(H,16,17). The summed E-state index contributed by atoms with van der Waals surface area (Å²) in [7, 11) is 0. The summed E-state index contributed by atoms with van der Waals surface area (Å²) < 4.78 is 7.16. The highest BCUT2D eigenvalue weighted by atomic mass is 16.3. The third-order valence-corrected chi connectivity index (χ3v) is 3.28. The number of aryl methyl sites for hydroxylation is 2. The van der Waals surface area contributed by atoms with Crippen molar-refractivity contribution in [3.63, 3.8) is 0 Å². The van der Waals surface area contributed by atoms with Gasteiger partial charge in [0.05, 0.1) is 24.1 Å². The van der Waals surface area contributed by atoms with Gasteiger partial charge in [-0.3, -0.25) is 4.79 Å². The largest absolute Gasteiger partial charge is 0.461 e. The van der Waals surface area contributed by atoms with Crippen LogP contribution in [0.15, 0.2) is 46.0 Å². The third kappa shape index (κ3) is 2.18. The van der Waals surface area contributed by atoms with Crippen LogP contribution >= 0.6 is 0 Å². The first-order valence-corrected chi connectivity index (χ1v) is 6.40. The number of pyridine rings is 1. The SMILES string of the molecule is Cc1ccc(-c2cccn(Cc3nc[nH]c3C)c2=O)o1. The van der Waals surface area contributed by atoms with Crippen LogP contribution in [0.5, 0.6) is 0 Å². The molecule has 20 heavy (non-hydrogen) atoms. The zero-order valence-corrected chi connectivity index (χ0v) is 11.4. The molecule has 0 radical (unpaired) electrons. The van der Waals surface area contributed by atoms with Crippen molar-refractivity contribution in [3.8, 4) is 11.3 Å². The molecular weight excluding hydrogens is 254 g/mol. The van der Waals surface area contributed by atoms with E-state index in [0.29, 0.717) is 17.9 Å². The molecule has 3 rings (SSSR count). The molecule has 3 heterocycles. The fraction of sp³-hybridized carbons (Fsp3) is 0.200. The van der Waals surface area contributed by atoms with E-state index in [2.05, 4.69) is 9.97 Å². The molecule has 0 atom stereocenters. The monoisotopic (exact) mass is 269 g/mol. The predicted molar refractivity (Wildman–Crippen MR) is 75.6 cm³/mol. The summed E-state index contributed by atoms with van der Waals surface area (Å²) in [5.74, 6) is 1.39. The Bertz CT molecular complexity index is 795. The minimum atomic E-state index is -0.0794. The molecule has 1 N–H and O–H groups in total. The van der Waals surface area contributed by atoms with Crippen molar-refractivity contribution in [2.45, 2.75) is 20.4 Å². The highest BCUT2D eigenvalue weighted by molar-refractivity contribution is 5.56. The van der Waals surface area contributed by atoms with Gasteiger partial charge in [-0.2, -0.15) is 0 Å². The molecule has 3 aromatic rings. The molecule has 0 fully saturated rings. The number of nitrogens with zero attached hydrogens (tertiary/aromatic N) is 2. The fourth-order valence-electron chi connectivity index (χ4n) is 2.14. The van der Waals surface area contributed by atoms with E-state index in [-0.39, 0.29) is 5.56 Å². The van der Waals surface area contributed by atoms with Gasteiger partial charge in [-0.25, -0.2) is 4.98 Å². The van der Waals surface area contributed by atoms with Gasteiger partial charge in [-0.05, 0) is 38.1 Å². The van der Waals surface area contributed by atoms with Crippen LogP contribution in [0.3, 0.4) is 0 Å². The smallest absolute Gasteiger partial charge is 0.261 e. The molecule has 0 saturated heterocycles. The number of rotatable bonds is 3. The first-order chi connectivity index (χ1) is 9.65. The van der Waals surface area contributed by atoms with Crippen LogP contribution in [0.4, 0.5) is 0 Å². The highest BCUT2D eigenvalue weighted by Gasteiger charge is 2.10. The van der Waals surface area contributed by atoms with E-state index in [1.165, 1.54) is 0 Å². The normalized spacial score (nSPS) is 10.9. The highest BCUT2D eigenvalue weighted by Crippen LogP contribution is 2.18. The molecular formula is C15H15N3O2. The molecule has 0 aliphatic rings. The Balaban J connectivity index is 2.02. The summed E-state index contributed by atoms with van der Waals surface area (Å²) in [5, 5.41) is 0. The van der Waals surface area contributed by atoms with Crippen LogP contribution in [-0.2, 0) is 6.54 Å². The van der Waals surface area contributed by atoms with Gasteiger partial charge in [0.15, 0.2) is 0 Å². The molecule has 0 unspecified atom stereocenters. The van der Waals surface area contributed by atoms with Crippen molar-refractivity contribution in [3.05, 3.63) is 64.3 Å². The predicted octanol–water partition coefficient (Wildman–Crippen LogP) is 2.50. The second-order valence-electron chi connectivity index (χ2n) is 4.74. The Labute approximate surface area is 115 Å². The number of furan rings is 1. The lowest BCUT2D eigenvalue weighted by Crippen LogP contribution is -2.21. The fourth-order valence-corrected chi connectivity index (χ4v) is 2.14. The molecule has 0 amide bonds. The van der Waals surface area contributed by atoms with Gasteiger partial charge < -0.3 is 14.0 Å². The molecule has 5 nitrogen and oxygen atoms in total. The zero-order valence-electron chi connectivity index (χ0n) is 11.4. The van der Waals surface area contributed by atoms with Crippen LogP contribution in [-0.4, -0.2) is 14.5 Å². The van der Waals surface area contributed by atoms with Gasteiger partial charge in [-0.1, -0.05) is 0 Å². The maximum atomic E-state index is 12.5. The van der Waals surface area contributed by atoms with Crippen LogP contribution in [0, 0.1) is 13.8 Å². The summed E-state index contributed by atoms with van der Waals surface area (Å²) in [6, 6.07) is 7.28. The number of H-pyrrole nitrogens is 1. The van der Waals surface area contributed by atoms with Crippen molar-refractivity contribution in [2.24, 2.45) is 0 Å². The van der Waals surface area contributed by atoms with Crippen LogP contribution in [0.2, 0.25) is 0 Å². The Kier molecular flexibility index (Phi) is 3.02. The number of hydrogen-bond acceptors (Lipinski definition) is 3. The molecule has 0 aliphatic heterocycles. The Morgan fingerprint density at radius 3 is 2.80 bits per heavy atom. The lowest BCUT2D eigenvalue weighted by atomic mass is 10.2. The molecule has 0 bridgehead atoms. The Morgan fingerprint density at radius 2 is 2.15 bits per heavy atom. The summed E-state index contributed by atoms with van der Waals surface area (Å²) >= 11 is 0. The maximum absolute atomic E-state index is 12.5. The van der Waals surface area contributed by atoms with E-state index in [4.69, 9.17) is 4.42 Å². The van der Waals surface area contributed by atoms with Crippen molar-refractivity contribution in [1.29, 1.82) is 0 Å². The number of nitrogens with one attached hydrogen (secondary N) is 1. The van der Waals surface area contributed by atoms with E-state index in [9.17, 15) is 4.79 Å². The molecule has 0 spiro atoms. The number of aromatic nitrogens is 3. The minimum absolute atomic E-state index is 0.0794. The Hall–Kier alpha value is -2.56. The van der Waals surface area contributed by atoms with Crippen molar-refractivity contribution >= 4 is 0 Å². The van der Waals surface area contributed by atoms with Gasteiger partial charge in [0.2, 0.25) is 0 Å². The van der Waals surface area contributed by atoms with Crippen molar-refractivity contribution < 1.29 is 4.42 Å². The molecule has 0 aliphatic carbocycles. The van der Waals surface area contributed by atoms with Gasteiger partial charge in [0, 0.05) is 11.9 Å². The van der Waals surface area contributed by atoms with Gasteiger partial charge >= 0.3 is 0 Å². The van der Waals surface area contributed by atoms with E-state index in [1.807, 2.05) is 32.0 Å². The average Bonchev–Trinajstić information content (AvgIpc) is 3.02. The lowest BCUT2D eigenvalue weighted by molar-refractivity contribution is 0.546. The van der Waals surface area contributed by atoms with E-state index in [1.54, 1.807) is 23.2 Å². The second kappa shape index (κ2) is 4.85. The maximum Gasteiger partial charge on any atom is 0.261 e. The quantitative estimate of drug-likeness (QED) is 0.794. The van der Waals surface area contributed by atoms with E-state index >= 15 is 0 Å². The van der Waals surface area contributed by atoms with Gasteiger partial charge in [0.1, 0.15) is 11.5 Å². The van der Waals surface area contributed by atoms with Crippen molar-refractivity contribution in [2.75, 3.05) is 0 Å². The number of imidazole rings is 1. The summed E-state index contributed by atoms with van der Waals surface area (Å²) in [4.78, 5) is 19.7. The summed E-state index contributed by atoms with van der Waals surface area (Å²) in [5.41, 5.74) is 2.31. The molecule has 102 valence electrons. The number of hydrogen-bond donors (Lipinski definition) is 1. The zero-order chi connectivity index (χ0) is 14.1. The number of aromatic amines is 1. The second-order valence-corrected chi connectivity index (χ2v) is 4.74. The molecule has 5 heteroatoms. The average molecular weight is 269 g/mol. The van der Waals surface area contributed by atoms with Crippen molar-refractivity contribution in [1.82, 2.24) is 14.5 Å². The third-order valence-electron chi connectivity index (χ3n) is 3.28. The summed E-state index contributed by atoms with van der Waals surface area (Å²) in [6.07, 6.45) is 3.39. The molecule has 0 aromatic carbocycles. The topological polar surface area (TPSA) is 63.8 Å². The van der Waals surface area contributed by atoms with Gasteiger partial charge in [0.25, 0.3) is 5.56 Å². The lowest BCUT2D eigenvalue weighted by Gasteiger charge is -2.06. The van der Waals surface area contributed by atoms with Crippen LogP contribution in [0.25, 0.3) is 11.3 Å². The summed E-state index contributed by atoms with van der Waals surface area (Å²) in [6.45, 7) is 4.24. The van der Waals surface area contributed by atoms with Crippen LogP contribution in [0.1, 0.15) is 17.1 Å². The van der Waals surface area contributed by atoms with E-state index < -0.39 is 0 Å². The molecule has 0 saturated carbocycles.